The summed E-state index contributed by atoms with van der Waals surface area (Å²) in [5.74, 6) is -2.59. The lowest BCUT2D eigenvalue weighted by atomic mass is 9.74. The minimum Gasteiger partial charge on any atom is -0.336 e. The number of nitrogens with one attached hydrogen (secondary N) is 1. The van der Waals surface area contributed by atoms with Gasteiger partial charge >= 0.3 is 0 Å². The number of carbonyl (C=O) groups excluding carboxylic acids is 2. The molecule has 0 aromatic heterocycles. The standard InChI is InChI=1S/C17H23F2N3O2/c1-17(20)6-4-3-5-14(17)16(24)22(2)10-15(23)21-13-8-11(18)7-12(19)9-13/h7-9,14H,3-6,10,20H2,1-2H3,(H,21,23). The fourth-order valence-corrected chi connectivity index (χ4v) is 3.15. The first-order valence-electron chi connectivity index (χ1n) is 7.99. The van der Waals surface area contributed by atoms with Crippen LogP contribution in [0.5, 0.6) is 0 Å². The second-order valence-corrected chi connectivity index (χ2v) is 6.70. The van der Waals surface area contributed by atoms with E-state index in [4.69, 9.17) is 5.73 Å². The highest BCUT2D eigenvalue weighted by Crippen LogP contribution is 2.32. The van der Waals surface area contributed by atoms with Crippen LogP contribution in [0, 0.1) is 17.6 Å². The predicted octanol–water partition coefficient (Wildman–Crippen LogP) is 2.27. The van der Waals surface area contributed by atoms with Crippen LogP contribution < -0.4 is 11.1 Å². The Kier molecular flexibility index (Phi) is 5.54. The van der Waals surface area contributed by atoms with Gasteiger partial charge in [-0.25, -0.2) is 8.78 Å². The van der Waals surface area contributed by atoms with Crippen molar-refractivity contribution in [1.29, 1.82) is 0 Å². The number of anilines is 1. The number of halogens is 2. The fourth-order valence-electron chi connectivity index (χ4n) is 3.15. The molecule has 1 aromatic rings. The van der Waals surface area contributed by atoms with Crippen molar-refractivity contribution in [2.75, 3.05) is 18.9 Å². The molecule has 0 spiro atoms. The summed E-state index contributed by atoms with van der Waals surface area (Å²) in [7, 11) is 1.53. The van der Waals surface area contributed by atoms with Gasteiger partial charge in [0.05, 0.1) is 12.5 Å². The van der Waals surface area contributed by atoms with Crippen molar-refractivity contribution in [3.63, 3.8) is 0 Å². The Labute approximate surface area is 140 Å². The van der Waals surface area contributed by atoms with Crippen molar-refractivity contribution < 1.29 is 18.4 Å². The third kappa shape index (κ3) is 4.50. The van der Waals surface area contributed by atoms with Gasteiger partial charge in [0.25, 0.3) is 0 Å². The van der Waals surface area contributed by atoms with Gasteiger partial charge in [-0.05, 0) is 31.9 Å². The molecule has 1 fully saturated rings. The molecule has 1 aromatic carbocycles. The van der Waals surface area contributed by atoms with E-state index in [0.29, 0.717) is 6.42 Å². The van der Waals surface area contributed by atoms with E-state index < -0.39 is 23.1 Å². The summed E-state index contributed by atoms with van der Waals surface area (Å²) in [5, 5.41) is 2.39. The number of benzene rings is 1. The molecule has 24 heavy (non-hydrogen) atoms. The molecule has 0 bridgehead atoms. The highest BCUT2D eigenvalue weighted by Gasteiger charge is 2.39. The number of rotatable bonds is 4. The smallest absolute Gasteiger partial charge is 0.243 e. The number of nitrogens with zero attached hydrogens (tertiary/aromatic N) is 1. The van der Waals surface area contributed by atoms with Crippen molar-refractivity contribution in [3.05, 3.63) is 29.8 Å². The van der Waals surface area contributed by atoms with Crippen molar-refractivity contribution in [2.45, 2.75) is 38.1 Å². The maximum atomic E-state index is 13.1. The largest absolute Gasteiger partial charge is 0.336 e. The van der Waals surface area contributed by atoms with Crippen molar-refractivity contribution in [3.8, 4) is 0 Å². The summed E-state index contributed by atoms with van der Waals surface area (Å²) < 4.78 is 26.3. The molecule has 1 aliphatic carbocycles. The molecule has 0 saturated heterocycles. The second-order valence-electron chi connectivity index (χ2n) is 6.70. The van der Waals surface area contributed by atoms with Crippen LogP contribution in [0.2, 0.25) is 0 Å². The van der Waals surface area contributed by atoms with Gasteiger partial charge in [-0.2, -0.15) is 0 Å². The van der Waals surface area contributed by atoms with Crippen LogP contribution in [0.15, 0.2) is 18.2 Å². The zero-order valence-corrected chi connectivity index (χ0v) is 13.9. The SMILES string of the molecule is CN(CC(=O)Nc1cc(F)cc(F)c1)C(=O)C1CCCCC1(C)N. The van der Waals surface area contributed by atoms with Crippen LogP contribution in [0.4, 0.5) is 14.5 Å². The van der Waals surface area contributed by atoms with E-state index in [2.05, 4.69) is 5.32 Å². The number of likely N-dealkylation sites (N-methyl/N-ethyl adjacent to an activating group) is 1. The quantitative estimate of drug-likeness (QED) is 0.883. The first-order chi connectivity index (χ1) is 11.2. The maximum absolute atomic E-state index is 13.1. The van der Waals surface area contributed by atoms with Gasteiger partial charge in [-0.15, -0.1) is 0 Å². The normalized spacial score (nSPS) is 23.6. The Morgan fingerprint density at radius 3 is 2.50 bits per heavy atom. The van der Waals surface area contributed by atoms with Gasteiger partial charge in [0.1, 0.15) is 11.6 Å². The van der Waals surface area contributed by atoms with Gasteiger partial charge < -0.3 is 16.0 Å². The summed E-state index contributed by atoms with van der Waals surface area (Å²) >= 11 is 0. The van der Waals surface area contributed by atoms with Crippen LogP contribution in [-0.2, 0) is 9.59 Å². The highest BCUT2D eigenvalue weighted by molar-refractivity contribution is 5.94. The minimum absolute atomic E-state index is 0.0136. The van der Waals surface area contributed by atoms with Gasteiger partial charge in [-0.1, -0.05) is 12.8 Å². The fraction of sp³-hybridized carbons (Fsp3) is 0.529. The average Bonchev–Trinajstić information content (AvgIpc) is 2.44. The number of carbonyl (C=O) groups is 2. The molecule has 132 valence electrons. The molecule has 2 atom stereocenters. The van der Waals surface area contributed by atoms with E-state index in [1.165, 1.54) is 11.9 Å². The van der Waals surface area contributed by atoms with Crippen LogP contribution in [-0.4, -0.2) is 35.8 Å². The molecule has 0 heterocycles. The van der Waals surface area contributed by atoms with Crippen LogP contribution in [0.25, 0.3) is 0 Å². The molecular weight excluding hydrogens is 316 g/mol. The molecule has 5 nitrogen and oxygen atoms in total. The van der Waals surface area contributed by atoms with E-state index in [1.807, 2.05) is 6.92 Å². The zero-order valence-electron chi connectivity index (χ0n) is 13.9. The number of hydrogen-bond donors (Lipinski definition) is 2. The highest BCUT2D eigenvalue weighted by atomic mass is 19.1. The number of hydrogen-bond acceptors (Lipinski definition) is 3. The minimum atomic E-state index is -0.782. The van der Waals surface area contributed by atoms with E-state index >= 15 is 0 Å². The Bertz CT molecular complexity index is 614. The molecular formula is C17H23F2N3O2. The molecule has 0 radical (unpaired) electrons. The molecule has 1 saturated carbocycles. The number of amides is 2. The Morgan fingerprint density at radius 2 is 1.92 bits per heavy atom. The van der Waals surface area contributed by atoms with Gasteiger partial charge in [-0.3, -0.25) is 9.59 Å². The van der Waals surface area contributed by atoms with Crippen molar-refractivity contribution in [2.24, 2.45) is 11.7 Å². The van der Waals surface area contributed by atoms with Crippen LogP contribution in [0.3, 0.4) is 0 Å². The Morgan fingerprint density at radius 1 is 1.29 bits per heavy atom. The maximum Gasteiger partial charge on any atom is 0.243 e. The number of nitrogens with two attached hydrogens (primary N) is 1. The zero-order chi connectivity index (χ0) is 17.9. The van der Waals surface area contributed by atoms with Crippen molar-refractivity contribution in [1.82, 2.24) is 4.90 Å². The van der Waals surface area contributed by atoms with E-state index in [9.17, 15) is 18.4 Å². The van der Waals surface area contributed by atoms with Gasteiger partial charge in [0.2, 0.25) is 11.8 Å². The van der Waals surface area contributed by atoms with Crippen LogP contribution >= 0.6 is 0 Å². The Hall–Kier alpha value is -2.02. The monoisotopic (exact) mass is 339 g/mol. The first kappa shape index (κ1) is 18.3. The third-order valence-electron chi connectivity index (χ3n) is 4.46. The van der Waals surface area contributed by atoms with Crippen molar-refractivity contribution >= 4 is 17.5 Å². The predicted molar refractivity (Wildman–Crippen MR) is 87.2 cm³/mol. The lowest BCUT2D eigenvalue weighted by Gasteiger charge is -2.39. The van der Waals surface area contributed by atoms with Crippen LogP contribution in [0.1, 0.15) is 32.6 Å². The Balaban J connectivity index is 1.96. The lowest BCUT2D eigenvalue weighted by Crippen LogP contribution is -2.53. The molecule has 2 unspecified atom stereocenters. The lowest BCUT2D eigenvalue weighted by molar-refractivity contribution is -0.139. The summed E-state index contributed by atoms with van der Waals surface area (Å²) in [6.07, 6.45) is 3.40. The summed E-state index contributed by atoms with van der Waals surface area (Å²) in [6, 6.07) is 2.75. The van der Waals surface area contributed by atoms with E-state index in [-0.39, 0.29) is 24.1 Å². The van der Waals surface area contributed by atoms with Gasteiger partial charge in [0, 0.05) is 24.3 Å². The summed E-state index contributed by atoms with van der Waals surface area (Å²) in [5.41, 5.74) is 5.65. The van der Waals surface area contributed by atoms with E-state index in [0.717, 1.165) is 37.5 Å². The third-order valence-corrected chi connectivity index (χ3v) is 4.46. The second kappa shape index (κ2) is 7.25. The average molecular weight is 339 g/mol. The molecule has 2 amide bonds. The molecule has 1 aliphatic rings. The van der Waals surface area contributed by atoms with Gasteiger partial charge in [0.15, 0.2) is 0 Å². The molecule has 7 heteroatoms. The molecule has 3 N–H and O–H groups in total. The molecule has 0 aliphatic heterocycles. The topological polar surface area (TPSA) is 75.4 Å². The molecule has 2 rings (SSSR count). The van der Waals surface area contributed by atoms with E-state index in [1.54, 1.807) is 0 Å². The summed E-state index contributed by atoms with van der Waals surface area (Å²) in [6.45, 7) is 1.65. The first-order valence-corrected chi connectivity index (χ1v) is 7.99. The summed E-state index contributed by atoms with van der Waals surface area (Å²) in [4.78, 5) is 25.9.